The van der Waals surface area contributed by atoms with E-state index in [2.05, 4.69) is 64.9 Å². The summed E-state index contributed by atoms with van der Waals surface area (Å²) < 4.78 is 11.5. The first kappa shape index (κ1) is 25.2. The van der Waals surface area contributed by atoms with E-state index in [9.17, 15) is 5.11 Å². The monoisotopic (exact) mass is 470 g/mol. The largest absolute Gasteiger partial charge is 0.390 e. The summed E-state index contributed by atoms with van der Waals surface area (Å²) in [6, 6.07) is 10.8. The van der Waals surface area contributed by atoms with Gasteiger partial charge in [0.2, 0.25) is 5.88 Å². The van der Waals surface area contributed by atoms with Crippen molar-refractivity contribution in [1.29, 1.82) is 0 Å². The fourth-order valence-electron chi connectivity index (χ4n) is 5.27. The van der Waals surface area contributed by atoms with Gasteiger partial charge in [-0.25, -0.2) is 0 Å². The SMILES string of the molecule is CC(C)CN(Cc1c(-c2ccccc2)noc1N1CCCCC1C)CC(O)CN1CCOCC1. The van der Waals surface area contributed by atoms with E-state index in [1.54, 1.807) is 0 Å². The second-order valence-corrected chi connectivity index (χ2v) is 10.4. The average Bonchev–Trinajstić information content (AvgIpc) is 3.23. The van der Waals surface area contributed by atoms with E-state index in [1.807, 2.05) is 6.07 Å². The minimum atomic E-state index is -0.408. The van der Waals surface area contributed by atoms with E-state index < -0.39 is 6.10 Å². The van der Waals surface area contributed by atoms with Crippen LogP contribution in [0, 0.1) is 5.92 Å². The van der Waals surface area contributed by atoms with Crippen LogP contribution in [0.1, 0.15) is 45.6 Å². The number of aromatic nitrogens is 1. The van der Waals surface area contributed by atoms with E-state index in [1.165, 1.54) is 19.3 Å². The normalized spacial score (nSPS) is 20.9. The lowest BCUT2D eigenvalue weighted by molar-refractivity contribution is 0.00540. The van der Waals surface area contributed by atoms with Crippen LogP contribution in [0.15, 0.2) is 34.9 Å². The smallest absolute Gasteiger partial charge is 0.232 e. The maximum absolute atomic E-state index is 11.0. The fraction of sp³-hybridized carbons (Fsp3) is 0.667. The Balaban J connectivity index is 1.57. The first-order valence-electron chi connectivity index (χ1n) is 13.0. The summed E-state index contributed by atoms with van der Waals surface area (Å²) in [6.45, 7) is 14.0. The Morgan fingerprint density at radius 3 is 2.56 bits per heavy atom. The van der Waals surface area contributed by atoms with Crippen LogP contribution in [0.3, 0.4) is 0 Å². The molecule has 1 N–H and O–H groups in total. The Bertz CT molecular complexity index is 866. The Morgan fingerprint density at radius 1 is 1.09 bits per heavy atom. The minimum absolute atomic E-state index is 0.408. The summed E-state index contributed by atoms with van der Waals surface area (Å²) in [7, 11) is 0. The Morgan fingerprint density at radius 2 is 1.85 bits per heavy atom. The first-order chi connectivity index (χ1) is 16.5. The highest BCUT2D eigenvalue weighted by atomic mass is 16.5. The molecule has 2 aromatic rings. The molecule has 2 saturated heterocycles. The molecule has 0 saturated carbocycles. The molecule has 2 unspecified atom stereocenters. The summed E-state index contributed by atoms with van der Waals surface area (Å²) in [5.41, 5.74) is 3.14. The second kappa shape index (κ2) is 12.2. The molecule has 2 atom stereocenters. The van der Waals surface area contributed by atoms with Gasteiger partial charge in [0, 0.05) is 57.4 Å². The van der Waals surface area contributed by atoms with Gasteiger partial charge in [-0.1, -0.05) is 49.3 Å². The van der Waals surface area contributed by atoms with Gasteiger partial charge >= 0.3 is 0 Å². The number of rotatable bonds is 10. The number of β-amino-alcohol motifs (C(OH)–C–C–N with tert-alkyl or cyclic N) is 1. The third-order valence-corrected chi connectivity index (χ3v) is 6.93. The third-order valence-electron chi connectivity index (χ3n) is 6.93. The molecule has 2 fully saturated rings. The summed E-state index contributed by atoms with van der Waals surface area (Å²) in [4.78, 5) is 7.08. The van der Waals surface area contributed by atoms with Crippen molar-refractivity contribution in [3.63, 3.8) is 0 Å². The van der Waals surface area contributed by atoms with Crippen molar-refractivity contribution >= 4 is 5.88 Å². The Kier molecular flexibility index (Phi) is 9.00. The van der Waals surface area contributed by atoms with Crippen molar-refractivity contribution in [2.24, 2.45) is 5.92 Å². The van der Waals surface area contributed by atoms with Crippen LogP contribution in [-0.2, 0) is 11.3 Å². The maximum atomic E-state index is 11.0. The zero-order valence-electron chi connectivity index (χ0n) is 21.2. The summed E-state index contributed by atoms with van der Waals surface area (Å²) >= 11 is 0. The second-order valence-electron chi connectivity index (χ2n) is 10.4. The van der Waals surface area contributed by atoms with Crippen LogP contribution >= 0.6 is 0 Å². The van der Waals surface area contributed by atoms with E-state index >= 15 is 0 Å². The molecule has 7 nitrogen and oxygen atoms in total. The number of aliphatic hydroxyl groups excluding tert-OH is 1. The maximum Gasteiger partial charge on any atom is 0.232 e. The number of morpholine rings is 1. The standard InChI is InChI=1S/C27H42N4O3/c1-21(2)17-30(19-24(32)18-29-13-15-33-16-14-29)20-25-26(23-10-5-4-6-11-23)28-34-27(25)31-12-8-7-9-22(31)3/h4-6,10-11,21-22,24,32H,7-9,12-20H2,1-3H3. The van der Waals surface area contributed by atoms with Crippen LogP contribution in [0.4, 0.5) is 5.88 Å². The summed E-state index contributed by atoms with van der Waals surface area (Å²) in [5.74, 6) is 1.40. The molecule has 3 heterocycles. The van der Waals surface area contributed by atoms with Crippen molar-refractivity contribution in [2.75, 3.05) is 57.4 Å². The molecule has 1 aromatic heterocycles. The topological polar surface area (TPSA) is 65.2 Å². The molecule has 0 radical (unpaired) electrons. The number of benzene rings is 1. The zero-order valence-corrected chi connectivity index (χ0v) is 21.2. The van der Waals surface area contributed by atoms with E-state index in [-0.39, 0.29) is 0 Å². The van der Waals surface area contributed by atoms with Crippen molar-refractivity contribution in [3.8, 4) is 11.3 Å². The van der Waals surface area contributed by atoms with Crippen molar-refractivity contribution in [2.45, 2.75) is 58.7 Å². The van der Waals surface area contributed by atoms with E-state index in [4.69, 9.17) is 9.26 Å². The van der Waals surface area contributed by atoms with Crippen molar-refractivity contribution in [1.82, 2.24) is 15.0 Å². The number of hydrogen-bond donors (Lipinski definition) is 1. The van der Waals surface area contributed by atoms with Gasteiger partial charge in [0.15, 0.2) is 0 Å². The molecule has 1 aromatic carbocycles. The quantitative estimate of drug-likeness (QED) is 0.565. The van der Waals surface area contributed by atoms with E-state index in [0.717, 1.165) is 62.1 Å². The number of nitrogens with zero attached hydrogens (tertiary/aromatic N) is 4. The molecule has 34 heavy (non-hydrogen) atoms. The van der Waals surface area contributed by atoms with Gasteiger partial charge in [-0.05, 0) is 32.1 Å². The molecule has 0 aliphatic carbocycles. The van der Waals surface area contributed by atoms with Gasteiger partial charge in [0.05, 0.1) is 24.9 Å². The van der Waals surface area contributed by atoms with Gasteiger partial charge < -0.3 is 19.3 Å². The molecule has 0 bridgehead atoms. The molecule has 2 aliphatic rings. The average molecular weight is 471 g/mol. The lowest BCUT2D eigenvalue weighted by Gasteiger charge is -2.34. The highest BCUT2D eigenvalue weighted by Gasteiger charge is 2.29. The molecule has 0 spiro atoms. The first-order valence-corrected chi connectivity index (χ1v) is 13.0. The minimum Gasteiger partial charge on any atom is -0.390 e. The number of piperidine rings is 1. The predicted molar refractivity (Wildman–Crippen MR) is 136 cm³/mol. The lowest BCUT2D eigenvalue weighted by Crippen LogP contribution is -2.45. The molecule has 4 rings (SSSR count). The number of aliphatic hydroxyl groups is 1. The predicted octanol–water partition coefficient (Wildman–Crippen LogP) is 3.87. The molecule has 2 aliphatic heterocycles. The van der Waals surface area contributed by atoms with Gasteiger partial charge in [0.25, 0.3) is 0 Å². The number of anilines is 1. The Hall–Kier alpha value is -1.93. The van der Waals surface area contributed by atoms with E-state index in [0.29, 0.717) is 31.6 Å². The highest BCUT2D eigenvalue weighted by molar-refractivity contribution is 5.68. The van der Waals surface area contributed by atoms with Crippen LogP contribution in [-0.4, -0.2) is 84.7 Å². The van der Waals surface area contributed by atoms with Gasteiger partial charge in [-0.3, -0.25) is 9.80 Å². The molecular weight excluding hydrogens is 428 g/mol. The zero-order chi connectivity index (χ0) is 23.9. The van der Waals surface area contributed by atoms with Crippen LogP contribution in [0.5, 0.6) is 0 Å². The van der Waals surface area contributed by atoms with Gasteiger partial charge in [0.1, 0.15) is 5.69 Å². The van der Waals surface area contributed by atoms with Crippen molar-refractivity contribution < 1.29 is 14.4 Å². The highest BCUT2D eigenvalue weighted by Crippen LogP contribution is 2.35. The molecular formula is C27H42N4O3. The van der Waals surface area contributed by atoms with Gasteiger partial charge in [-0.2, -0.15) is 0 Å². The summed E-state index contributed by atoms with van der Waals surface area (Å²) in [6.07, 6.45) is 3.21. The van der Waals surface area contributed by atoms with Crippen LogP contribution < -0.4 is 4.90 Å². The number of ether oxygens (including phenoxy) is 1. The van der Waals surface area contributed by atoms with Crippen molar-refractivity contribution in [3.05, 3.63) is 35.9 Å². The third kappa shape index (κ3) is 6.60. The van der Waals surface area contributed by atoms with Crippen LogP contribution in [0.25, 0.3) is 11.3 Å². The molecule has 188 valence electrons. The fourth-order valence-corrected chi connectivity index (χ4v) is 5.27. The summed E-state index contributed by atoms with van der Waals surface area (Å²) in [5, 5.41) is 15.6. The lowest BCUT2D eigenvalue weighted by atomic mass is 10.0. The Labute approximate surface area is 204 Å². The van der Waals surface area contributed by atoms with Gasteiger partial charge in [-0.15, -0.1) is 0 Å². The number of hydrogen-bond acceptors (Lipinski definition) is 7. The van der Waals surface area contributed by atoms with Crippen LogP contribution in [0.2, 0.25) is 0 Å². The molecule has 7 heteroatoms. The molecule has 0 amide bonds.